The monoisotopic (exact) mass is 257 g/mol. The summed E-state index contributed by atoms with van der Waals surface area (Å²) in [5.41, 5.74) is 0. The van der Waals surface area contributed by atoms with Crippen LogP contribution in [0, 0.1) is 5.92 Å². The predicted octanol–water partition coefficient (Wildman–Crippen LogP) is -0.0751. The highest BCUT2D eigenvalue weighted by atomic mass is 16.3. The number of aliphatic hydroxyl groups is 1. The molecule has 18 heavy (non-hydrogen) atoms. The second-order valence-corrected chi connectivity index (χ2v) is 5.08. The molecule has 0 saturated heterocycles. The first-order valence-electron chi connectivity index (χ1n) is 6.45. The fraction of sp³-hybridized carbons (Fsp3) is 0.833. The number of imide groups is 1. The van der Waals surface area contributed by atoms with Gasteiger partial charge in [-0.05, 0) is 18.8 Å². The van der Waals surface area contributed by atoms with Crippen molar-refractivity contribution in [3.8, 4) is 0 Å². The van der Waals surface area contributed by atoms with E-state index in [0.717, 1.165) is 12.8 Å². The SMILES string of the molecule is CC(C)CNC(=O)NC(=O)CN(CCO)C1CC1. The summed E-state index contributed by atoms with van der Waals surface area (Å²) in [6.45, 7) is 5.19. The first-order chi connectivity index (χ1) is 8.52. The summed E-state index contributed by atoms with van der Waals surface area (Å²) in [6, 6.07) is -0.0601. The lowest BCUT2D eigenvalue weighted by molar-refractivity contribution is -0.121. The zero-order chi connectivity index (χ0) is 13.5. The average Bonchev–Trinajstić information content (AvgIpc) is 3.09. The second-order valence-electron chi connectivity index (χ2n) is 5.08. The Hall–Kier alpha value is -1.14. The Morgan fingerprint density at radius 1 is 1.39 bits per heavy atom. The van der Waals surface area contributed by atoms with E-state index in [1.165, 1.54) is 0 Å². The predicted molar refractivity (Wildman–Crippen MR) is 68.1 cm³/mol. The van der Waals surface area contributed by atoms with Crippen LogP contribution < -0.4 is 10.6 Å². The van der Waals surface area contributed by atoms with E-state index >= 15 is 0 Å². The molecule has 1 saturated carbocycles. The van der Waals surface area contributed by atoms with Gasteiger partial charge in [0.2, 0.25) is 5.91 Å². The Kier molecular flexibility index (Phi) is 6.07. The number of aliphatic hydroxyl groups excluding tert-OH is 1. The third-order valence-electron chi connectivity index (χ3n) is 2.72. The van der Waals surface area contributed by atoms with Crippen molar-refractivity contribution in [2.75, 3.05) is 26.2 Å². The molecule has 0 aromatic rings. The highest BCUT2D eigenvalue weighted by molar-refractivity contribution is 5.95. The molecule has 104 valence electrons. The molecule has 1 rings (SSSR count). The minimum atomic E-state index is -0.451. The fourth-order valence-electron chi connectivity index (χ4n) is 1.65. The molecule has 0 unspecified atom stereocenters. The van der Waals surface area contributed by atoms with Crippen LogP contribution in [0.4, 0.5) is 4.79 Å². The highest BCUT2D eigenvalue weighted by Crippen LogP contribution is 2.25. The maximum atomic E-state index is 11.6. The van der Waals surface area contributed by atoms with Crippen molar-refractivity contribution < 1.29 is 14.7 Å². The van der Waals surface area contributed by atoms with E-state index < -0.39 is 6.03 Å². The van der Waals surface area contributed by atoms with Crippen LogP contribution in [0.25, 0.3) is 0 Å². The normalized spacial score (nSPS) is 14.9. The number of carbonyl (C=O) groups excluding carboxylic acids is 2. The quantitative estimate of drug-likeness (QED) is 0.596. The first-order valence-corrected chi connectivity index (χ1v) is 6.45. The van der Waals surface area contributed by atoms with Crippen molar-refractivity contribution in [2.45, 2.75) is 32.7 Å². The van der Waals surface area contributed by atoms with Crippen molar-refractivity contribution >= 4 is 11.9 Å². The van der Waals surface area contributed by atoms with Gasteiger partial charge in [0.1, 0.15) is 0 Å². The third kappa shape index (κ3) is 5.97. The zero-order valence-electron chi connectivity index (χ0n) is 11.1. The van der Waals surface area contributed by atoms with Crippen LogP contribution in [0.3, 0.4) is 0 Å². The van der Waals surface area contributed by atoms with Crippen molar-refractivity contribution in [3.63, 3.8) is 0 Å². The van der Waals surface area contributed by atoms with E-state index in [2.05, 4.69) is 10.6 Å². The molecule has 0 spiro atoms. The molecule has 6 nitrogen and oxygen atoms in total. The standard InChI is InChI=1S/C12H23N3O3/c1-9(2)7-13-12(18)14-11(17)8-15(5-6-16)10-3-4-10/h9-10,16H,3-8H2,1-2H3,(H2,13,14,17,18). The van der Waals surface area contributed by atoms with Crippen molar-refractivity contribution in [2.24, 2.45) is 5.92 Å². The van der Waals surface area contributed by atoms with E-state index in [-0.39, 0.29) is 19.1 Å². The lowest BCUT2D eigenvalue weighted by Crippen LogP contribution is -2.46. The lowest BCUT2D eigenvalue weighted by Gasteiger charge is -2.19. The van der Waals surface area contributed by atoms with Gasteiger partial charge < -0.3 is 10.4 Å². The number of amides is 3. The molecule has 0 aliphatic heterocycles. The van der Waals surface area contributed by atoms with Crippen LogP contribution in [0.1, 0.15) is 26.7 Å². The molecule has 3 N–H and O–H groups in total. The molecule has 0 aromatic heterocycles. The van der Waals surface area contributed by atoms with E-state index in [1.807, 2.05) is 18.7 Å². The molecule has 0 aromatic carbocycles. The molecule has 0 heterocycles. The number of urea groups is 1. The summed E-state index contributed by atoms with van der Waals surface area (Å²) < 4.78 is 0. The van der Waals surface area contributed by atoms with Crippen molar-refractivity contribution in [1.29, 1.82) is 0 Å². The van der Waals surface area contributed by atoms with Gasteiger partial charge in [0.15, 0.2) is 0 Å². The van der Waals surface area contributed by atoms with Gasteiger partial charge in [0.05, 0.1) is 13.2 Å². The molecule has 3 amide bonds. The van der Waals surface area contributed by atoms with Crippen molar-refractivity contribution in [3.05, 3.63) is 0 Å². The van der Waals surface area contributed by atoms with Crippen LogP contribution in [0.15, 0.2) is 0 Å². The molecular formula is C12H23N3O3. The smallest absolute Gasteiger partial charge is 0.321 e. The minimum Gasteiger partial charge on any atom is -0.395 e. The second kappa shape index (κ2) is 7.33. The lowest BCUT2D eigenvalue weighted by atomic mass is 10.2. The van der Waals surface area contributed by atoms with Crippen LogP contribution in [0.2, 0.25) is 0 Å². The summed E-state index contributed by atoms with van der Waals surface area (Å²) >= 11 is 0. The first kappa shape index (κ1) is 14.9. The zero-order valence-corrected chi connectivity index (χ0v) is 11.1. The Bertz CT molecular complexity index is 290. The number of hydrogen-bond donors (Lipinski definition) is 3. The van der Waals surface area contributed by atoms with E-state index in [9.17, 15) is 9.59 Å². The van der Waals surface area contributed by atoms with E-state index in [1.54, 1.807) is 0 Å². The molecule has 1 aliphatic carbocycles. The maximum Gasteiger partial charge on any atom is 0.321 e. The van der Waals surface area contributed by atoms with Crippen LogP contribution in [0.5, 0.6) is 0 Å². The van der Waals surface area contributed by atoms with Gasteiger partial charge in [0, 0.05) is 19.1 Å². The van der Waals surface area contributed by atoms with Crippen LogP contribution in [-0.2, 0) is 4.79 Å². The van der Waals surface area contributed by atoms with Crippen molar-refractivity contribution in [1.82, 2.24) is 15.5 Å². The average molecular weight is 257 g/mol. The van der Waals surface area contributed by atoms with Crippen LogP contribution >= 0.6 is 0 Å². The Morgan fingerprint density at radius 3 is 2.56 bits per heavy atom. The topological polar surface area (TPSA) is 81.7 Å². The molecular weight excluding hydrogens is 234 g/mol. The van der Waals surface area contributed by atoms with Gasteiger partial charge in [-0.25, -0.2) is 4.79 Å². The number of rotatable bonds is 7. The fourth-order valence-corrected chi connectivity index (χ4v) is 1.65. The minimum absolute atomic E-state index is 0.0311. The third-order valence-corrected chi connectivity index (χ3v) is 2.72. The molecule has 0 bridgehead atoms. The largest absolute Gasteiger partial charge is 0.395 e. The van der Waals surface area contributed by atoms with Gasteiger partial charge in [-0.2, -0.15) is 0 Å². The van der Waals surface area contributed by atoms with Crippen LogP contribution in [-0.4, -0.2) is 54.2 Å². The Balaban J connectivity index is 2.24. The molecule has 1 aliphatic rings. The number of carbonyl (C=O) groups is 2. The number of hydrogen-bond acceptors (Lipinski definition) is 4. The van der Waals surface area contributed by atoms with Gasteiger partial charge in [-0.3, -0.25) is 15.0 Å². The van der Waals surface area contributed by atoms with E-state index in [4.69, 9.17) is 5.11 Å². The molecule has 1 fully saturated rings. The van der Waals surface area contributed by atoms with Gasteiger partial charge >= 0.3 is 6.03 Å². The van der Waals surface area contributed by atoms with Gasteiger partial charge in [-0.15, -0.1) is 0 Å². The maximum absolute atomic E-state index is 11.6. The summed E-state index contributed by atoms with van der Waals surface area (Å²) in [7, 11) is 0. The molecule has 0 atom stereocenters. The summed E-state index contributed by atoms with van der Waals surface area (Å²) in [5.74, 6) is 0.0276. The molecule has 6 heteroatoms. The summed E-state index contributed by atoms with van der Waals surface area (Å²) in [6.07, 6.45) is 2.12. The Labute approximate surface area is 108 Å². The summed E-state index contributed by atoms with van der Waals surface area (Å²) in [4.78, 5) is 24.9. The summed E-state index contributed by atoms with van der Waals surface area (Å²) in [5, 5.41) is 13.8. The molecule has 0 radical (unpaired) electrons. The Morgan fingerprint density at radius 2 is 2.06 bits per heavy atom. The van der Waals surface area contributed by atoms with Gasteiger partial charge in [0.25, 0.3) is 0 Å². The van der Waals surface area contributed by atoms with E-state index in [0.29, 0.717) is 25.0 Å². The highest BCUT2D eigenvalue weighted by Gasteiger charge is 2.29. The number of nitrogens with one attached hydrogen (secondary N) is 2. The number of nitrogens with zero attached hydrogens (tertiary/aromatic N) is 1. The van der Waals surface area contributed by atoms with Gasteiger partial charge in [-0.1, -0.05) is 13.8 Å².